The lowest BCUT2D eigenvalue weighted by Crippen LogP contribution is -2.28. The molecule has 2 amide bonds. The summed E-state index contributed by atoms with van der Waals surface area (Å²) in [6.45, 7) is 2.18. The van der Waals surface area contributed by atoms with E-state index in [1.165, 1.54) is 0 Å². The van der Waals surface area contributed by atoms with Crippen LogP contribution in [0, 0.1) is 0 Å². The smallest absolute Gasteiger partial charge is 0.220 e. The van der Waals surface area contributed by atoms with Crippen LogP contribution in [-0.2, 0) is 23.9 Å². The number of aldehydes is 1. The Morgan fingerprint density at radius 1 is 1.06 bits per heavy atom. The van der Waals surface area contributed by atoms with Gasteiger partial charge in [0.1, 0.15) is 12.9 Å². The maximum atomic E-state index is 11.2. The van der Waals surface area contributed by atoms with Crippen LogP contribution in [0.2, 0.25) is 0 Å². The van der Waals surface area contributed by atoms with Crippen molar-refractivity contribution in [3.63, 3.8) is 0 Å². The summed E-state index contributed by atoms with van der Waals surface area (Å²) in [5.74, 6) is -0.0662. The molecule has 0 rings (SSSR count). The summed E-state index contributed by atoms with van der Waals surface area (Å²) in [4.78, 5) is 31.1. The molecule has 0 heterocycles. The second-order valence-electron chi connectivity index (χ2n) is 3.38. The normalized spacial score (nSPS) is 9.78. The quantitative estimate of drug-likeness (QED) is 0.322. The van der Waals surface area contributed by atoms with Gasteiger partial charge in [0, 0.05) is 19.5 Å². The number of ether oxygens (including phenoxy) is 2. The topological polar surface area (TPSA) is 93.7 Å². The minimum Gasteiger partial charge on any atom is -0.377 e. The molecule has 7 nitrogen and oxygen atoms in total. The van der Waals surface area contributed by atoms with Crippen LogP contribution in [0.3, 0.4) is 0 Å². The Hall–Kier alpha value is -1.47. The van der Waals surface area contributed by atoms with Crippen molar-refractivity contribution in [3.05, 3.63) is 0 Å². The van der Waals surface area contributed by atoms with Crippen LogP contribution in [0.15, 0.2) is 0 Å². The fourth-order valence-electron chi connectivity index (χ4n) is 1.11. The van der Waals surface area contributed by atoms with Crippen LogP contribution in [0.4, 0.5) is 0 Å². The van der Waals surface area contributed by atoms with Crippen molar-refractivity contribution in [3.8, 4) is 0 Å². The number of hydrogen-bond acceptors (Lipinski definition) is 5. The van der Waals surface area contributed by atoms with E-state index in [-0.39, 0.29) is 12.5 Å². The van der Waals surface area contributed by atoms with Crippen LogP contribution in [0.25, 0.3) is 0 Å². The molecule has 0 aromatic heterocycles. The lowest BCUT2D eigenvalue weighted by molar-refractivity contribution is -0.121. The average molecular weight is 260 g/mol. The summed E-state index contributed by atoms with van der Waals surface area (Å²) in [5.41, 5.74) is 0. The monoisotopic (exact) mass is 260 g/mol. The highest BCUT2D eigenvalue weighted by Crippen LogP contribution is 1.86. The fraction of sp³-hybridized carbons (Fsp3) is 0.727. The minimum absolute atomic E-state index is 0.0662. The van der Waals surface area contributed by atoms with E-state index >= 15 is 0 Å². The van der Waals surface area contributed by atoms with Crippen LogP contribution < -0.4 is 10.6 Å². The highest BCUT2D eigenvalue weighted by atomic mass is 16.5. The summed E-state index contributed by atoms with van der Waals surface area (Å²) in [5, 5.41) is 5.17. The number of amides is 2. The van der Waals surface area contributed by atoms with E-state index in [4.69, 9.17) is 9.47 Å². The summed E-state index contributed by atoms with van der Waals surface area (Å²) in [6.07, 6.45) is 2.28. The van der Waals surface area contributed by atoms with Gasteiger partial charge in [0.2, 0.25) is 12.3 Å². The zero-order chi connectivity index (χ0) is 13.5. The largest absolute Gasteiger partial charge is 0.377 e. The van der Waals surface area contributed by atoms with Crippen LogP contribution in [0.5, 0.6) is 0 Å². The second-order valence-corrected chi connectivity index (χ2v) is 3.38. The first-order valence-corrected chi connectivity index (χ1v) is 5.84. The van der Waals surface area contributed by atoms with Crippen molar-refractivity contribution >= 4 is 18.6 Å². The molecule has 0 aliphatic heterocycles. The molecule has 0 aliphatic carbocycles. The molecule has 0 saturated carbocycles. The molecule has 18 heavy (non-hydrogen) atoms. The van der Waals surface area contributed by atoms with Gasteiger partial charge in [-0.25, -0.2) is 0 Å². The van der Waals surface area contributed by atoms with E-state index in [0.29, 0.717) is 58.4 Å². The van der Waals surface area contributed by atoms with Crippen molar-refractivity contribution in [1.82, 2.24) is 10.6 Å². The summed E-state index contributed by atoms with van der Waals surface area (Å²) >= 11 is 0. The number of rotatable bonds is 13. The zero-order valence-corrected chi connectivity index (χ0v) is 10.4. The van der Waals surface area contributed by atoms with Crippen LogP contribution in [0.1, 0.15) is 12.8 Å². The molecule has 0 unspecified atom stereocenters. The molecule has 0 fully saturated rings. The maximum Gasteiger partial charge on any atom is 0.220 e. The van der Waals surface area contributed by atoms with Gasteiger partial charge in [-0.1, -0.05) is 0 Å². The first-order valence-electron chi connectivity index (χ1n) is 5.84. The van der Waals surface area contributed by atoms with Crippen molar-refractivity contribution in [2.75, 3.05) is 39.5 Å². The van der Waals surface area contributed by atoms with Gasteiger partial charge in [-0.15, -0.1) is 0 Å². The predicted octanol–water partition coefficient (Wildman–Crippen LogP) is -1.14. The molecular weight excluding hydrogens is 240 g/mol. The summed E-state index contributed by atoms with van der Waals surface area (Å²) in [6, 6.07) is 0. The molecule has 0 aromatic rings. The highest BCUT2D eigenvalue weighted by Gasteiger charge is 1.99. The molecular formula is C11H20N2O5. The van der Waals surface area contributed by atoms with Gasteiger partial charge in [0.05, 0.1) is 19.8 Å². The Balaban J connectivity index is 3.14. The molecule has 0 spiro atoms. The Labute approximate surface area is 106 Å². The summed E-state index contributed by atoms with van der Waals surface area (Å²) in [7, 11) is 0. The zero-order valence-electron chi connectivity index (χ0n) is 10.4. The number of carbonyl (C=O) groups is 3. The van der Waals surface area contributed by atoms with Gasteiger partial charge in [-0.3, -0.25) is 9.59 Å². The van der Waals surface area contributed by atoms with Crippen molar-refractivity contribution < 1.29 is 23.9 Å². The molecule has 0 radical (unpaired) electrons. The Kier molecular flexibility index (Phi) is 12.5. The van der Waals surface area contributed by atoms with E-state index < -0.39 is 0 Å². The number of nitrogens with one attached hydrogen (secondary N) is 2. The van der Waals surface area contributed by atoms with E-state index in [1.54, 1.807) is 0 Å². The molecule has 0 saturated heterocycles. The lowest BCUT2D eigenvalue weighted by atomic mass is 10.3. The predicted molar refractivity (Wildman–Crippen MR) is 64.0 cm³/mol. The first-order chi connectivity index (χ1) is 8.81. The van der Waals surface area contributed by atoms with Crippen molar-refractivity contribution in [1.29, 1.82) is 0 Å². The van der Waals surface area contributed by atoms with Gasteiger partial charge < -0.3 is 24.9 Å². The molecule has 104 valence electrons. The van der Waals surface area contributed by atoms with Crippen LogP contribution in [-0.4, -0.2) is 58.1 Å². The standard InChI is InChI=1S/C11H20N2O5/c14-5-7-18-9-8-17-6-4-13-11(16)2-1-3-12-10-15/h5,10H,1-4,6-9H2,(H,12,15)(H,13,16). The molecule has 7 heteroatoms. The molecule has 0 atom stereocenters. The average Bonchev–Trinajstić information content (AvgIpc) is 2.38. The van der Waals surface area contributed by atoms with E-state index in [1.807, 2.05) is 0 Å². The van der Waals surface area contributed by atoms with E-state index in [2.05, 4.69) is 10.6 Å². The molecule has 0 aromatic carbocycles. The van der Waals surface area contributed by atoms with E-state index in [9.17, 15) is 14.4 Å². The fourth-order valence-corrected chi connectivity index (χ4v) is 1.11. The molecule has 0 aliphatic rings. The van der Waals surface area contributed by atoms with Gasteiger partial charge in [-0.05, 0) is 6.42 Å². The van der Waals surface area contributed by atoms with Crippen LogP contribution >= 0.6 is 0 Å². The highest BCUT2D eigenvalue weighted by molar-refractivity contribution is 5.75. The molecule has 0 bridgehead atoms. The Bertz CT molecular complexity index is 235. The second kappa shape index (κ2) is 13.6. The van der Waals surface area contributed by atoms with Crippen molar-refractivity contribution in [2.24, 2.45) is 0 Å². The maximum absolute atomic E-state index is 11.2. The SMILES string of the molecule is O=CCOCCOCCNC(=O)CCCNC=O. The number of carbonyl (C=O) groups excluding carboxylic acids is 3. The van der Waals surface area contributed by atoms with Crippen molar-refractivity contribution in [2.45, 2.75) is 12.8 Å². The Morgan fingerprint density at radius 3 is 2.56 bits per heavy atom. The third-order valence-corrected chi connectivity index (χ3v) is 1.93. The van der Waals surface area contributed by atoms with Gasteiger partial charge in [-0.2, -0.15) is 0 Å². The lowest BCUT2D eigenvalue weighted by Gasteiger charge is -2.06. The van der Waals surface area contributed by atoms with Gasteiger partial charge >= 0.3 is 0 Å². The third-order valence-electron chi connectivity index (χ3n) is 1.93. The molecule has 2 N–H and O–H groups in total. The minimum atomic E-state index is -0.0662. The van der Waals surface area contributed by atoms with E-state index in [0.717, 1.165) is 0 Å². The van der Waals surface area contributed by atoms with Gasteiger partial charge in [0.25, 0.3) is 0 Å². The first kappa shape index (κ1) is 16.5. The summed E-state index contributed by atoms with van der Waals surface area (Å²) < 4.78 is 10.0. The number of hydrogen-bond donors (Lipinski definition) is 2. The van der Waals surface area contributed by atoms with Gasteiger partial charge in [0.15, 0.2) is 0 Å². The third kappa shape index (κ3) is 12.6. The Morgan fingerprint density at radius 2 is 1.83 bits per heavy atom.